The summed E-state index contributed by atoms with van der Waals surface area (Å²) < 4.78 is 11.5. The first-order chi connectivity index (χ1) is 11.9. The average molecular weight is 347 g/mol. The van der Waals surface area contributed by atoms with Crippen molar-refractivity contribution in [2.45, 2.75) is 52.1 Å². The molecule has 6 nitrogen and oxygen atoms in total. The van der Waals surface area contributed by atoms with Gasteiger partial charge in [0.15, 0.2) is 0 Å². The number of hydrogen-bond acceptors (Lipinski definition) is 4. The number of nitrogens with zero attached hydrogens (tertiary/aromatic N) is 2. The molecule has 0 spiro atoms. The minimum Gasteiger partial charge on any atom is -0.372 e. The zero-order valence-electron chi connectivity index (χ0n) is 15.6. The minimum atomic E-state index is -0.0663. The van der Waals surface area contributed by atoms with Crippen molar-refractivity contribution in [2.24, 2.45) is 0 Å². The van der Waals surface area contributed by atoms with Crippen molar-refractivity contribution in [2.75, 3.05) is 36.4 Å². The van der Waals surface area contributed by atoms with Crippen molar-refractivity contribution in [3.8, 4) is 0 Å². The monoisotopic (exact) mass is 347 g/mol. The van der Waals surface area contributed by atoms with Crippen LogP contribution < -0.4 is 10.2 Å². The Labute approximate surface area is 150 Å². The summed E-state index contributed by atoms with van der Waals surface area (Å²) in [5.74, 6) is 0. The first-order valence-corrected chi connectivity index (χ1v) is 9.12. The van der Waals surface area contributed by atoms with Crippen LogP contribution in [0.3, 0.4) is 0 Å². The fourth-order valence-corrected chi connectivity index (χ4v) is 3.69. The lowest BCUT2D eigenvalue weighted by molar-refractivity contribution is -0.0530. The van der Waals surface area contributed by atoms with E-state index in [1.54, 1.807) is 0 Å². The van der Waals surface area contributed by atoms with Crippen LogP contribution in [-0.4, -0.2) is 61.5 Å². The molecule has 0 bridgehead atoms. The van der Waals surface area contributed by atoms with Crippen LogP contribution in [0.15, 0.2) is 24.3 Å². The summed E-state index contributed by atoms with van der Waals surface area (Å²) in [6.07, 6.45) is 0.603. The lowest BCUT2D eigenvalue weighted by Gasteiger charge is -2.37. The molecule has 1 N–H and O–H groups in total. The Morgan fingerprint density at radius 3 is 1.88 bits per heavy atom. The van der Waals surface area contributed by atoms with Gasteiger partial charge in [-0.1, -0.05) is 0 Å². The van der Waals surface area contributed by atoms with Crippen LogP contribution >= 0.6 is 0 Å². The number of nitrogens with one attached hydrogen (secondary N) is 1. The molecule has 4 atom stereocenters. The molecule has 2 heterocycles. The Hall–Kier alpha value is -1.79. The third-order valence-electron chi connectivity index (χ3n) is 4.61. The maximum Gasteiger partial charge on any atom is 0.322 e. The Bertz CT molecular complexity index is 572. The number of morpholine rings is 2. The molecule has 3 rings (SSSR count). The Morgan fingerprint density at radius 1 is 0.880 bits per heavy atom. The molecule has 0 saturated carbocycles. The van der Waals surface area contributed by atoms with Crippen LogP contribution in [0.25, 0.3) is 0 Å². The lowest BCUT2D eigenvalue weighted by Crippen LogP contribution is -2.49. The lowest BCUT2D eigenvalue weighted by atomic mass is 10.2. The number of carbonyl (C=O) groups excluding carboxylic acids is 1. The van der Waals surface area contributed by atoms with Gasteiger partial charge in [-0.05, 0) is 52.0 Å². The van der Waals surface area contributed by atoms with Crippen molar-refractivity contribution in [1.82, 2.24) is 4.90 Å². The second-order valence-electron chi connectivity index (χ2n) is 7.30. The van der Waals surface area contributed by atoms with Crippen LogP contribution in [0.1, 0.15) is 27.7 Å². The van der Waals surface area contributed by atoms with Gasteiger partial charge in [-0.3, -0.25) is 0 Å². The topological polar surface area (TPSA) is 54.0 Å². The summed E-state index contributed by atoms with van der Waals surface area (Å²) >= 11 is 0. The fourth-order valence-electron chi connectivity index (χ4n) is 3.69. The van der Waals surface area contributed by atoms with Gasteiger partial charge in [-0.25, -0.2) is 4.79 Å². The van der Waals surface area contributed by atoms with Crippen LogP contribution in [0, 0.1) is 0 Å². The van der Waals surface area contributed by atoms with Crippen molar-refractivity contribution < 1.29 is 14.3 Å². The fraction of sp³-hybridized carbons (Fsp3) is 0.632. The first kappa shape index (κ1) is 18.0. The van der Waals surface area contributed by atoms with E-state index in [4.69, 9.17) is 9.47 Å². The molecule has 2 fully saturated rings. The maximum atomic E-state index is 12.5. The summed E-state index contributed by atoms with van der Waals surface area (Å²) in [6.45, 7) is 11.2. The third-order valence-corrected chi connectivity index (χ3v) is 4.61. The van der Waals surface area contributed by atoms with Crippen molar-refractivity contribution in [3.63, 3.8) is 0 Å². The van der Waals surface area contributed by atoms with E-state index in [1.807, 2.05) is 30.9 Å². The van der Waals surface area contributed by atoms with Crippen LogP contribution in [0.2, 0.25) is 0 Å². The number of benzene rings is 1. The summed E-state index contributed by atoms with van der Waals surface area (Å²) in [4.78, 5) is 16.6. The van der Waals surface area contributed by atoms with E-state index in [9.17, 15) is 4.79 Å². The normalized spacial score (nSPS) is 30.2. The zero-order chi connectivity index (χ0) is 18.0. The van der Waals surface area contributed by atoms with Gasteiger partial charge in [0.05, 0.1) is 24.4 Å². The number of amides is 2. The summed E-state index contributed by atoms with van der Waals surface area (Å²) in [7, 11) is 0. The van der Waals surface area contributed by atoms with Gasteiger partial charge >= 0.3 is 6.03 Å². The second-order valence-corrected chi connectivity index (χ2v) is 7.30. The minimum absolute atomic E-state index is 0.0663. The molecule has 138 valence electrons. The third kappa shape index (κ3) is 4.64. The molecule has 0 unspecified atom stereocenters. The van der Waals surface area contributed by atoms with Gasteiger partial charge < -0.3 is 24.6 Å². The number of ether oxygens (including phenoxy) is 2. The van der Waals surface area contributed by atoms with Crippen LogP contribution in [0.4, 0.5) is 16.2 Å². The number of rotatable bonds is 2. The van der Waals surface area contributed by atoms with E-state index >= 15 is 0 Å². The molecule has 1 aromatic rings. The molecular formula is C19H29N3O3. The summed E-state index contributed by atoms with van der Waals surface area (Å²) in [6, 6.07) is 7.98. The highest BCUT2D eigenvalue weighted by molar-refractivity contribution is 5.89. The highest BCUT2D eigenvalue weighted by atomic mass is 16.5. The van der Waals surface area contributed by atoms with Gasteiger partial charge in [0, 0.05) is 37.6 Å². The molecule has 2 aliphatic heterocycles. The van der Waals surface area contributed by atoms with Crippen LogP contribution in [0.5, 0.6) is 0 Å². The quantitative estimate of drug-likeness (QED) is 0.894. The molecule has 2 amide bonds. The predicted octanol–water partition coefficient (Wildman–Crippen LogP) is 2.94. The number of carbonyl (C=O) groups is 1. The van der Waals surface area contributed by atoms with Gasteiger partial charge in [0.1, 0.15) is 0 Å². The molecule has 6 heteroatoms. The Balaban J connectivity index is 1.60. The summed E-state index contributed by atoms with van der Waals surface area (Å²) in [5.41, 5.74) is 1.98. The molecule has 25 heavy (non-hydrogen) atoms. The van der Waals surface area contributed by atoms with Gasteiger partial charge in [-0.2, -0.15) is 0 Å². The molecule has 0 radical (unpaired) electrons. The number of urea groups is 1. The average Bonchev–Trinajstić information content (AvgIpc) is 2.53. The molecular weight excluding hydrogens is 318 g/mol. The van der Waals surface area contributed by atoms with E-state index < -0.39 is 0 Å². The highest BCUT2D eigenvalue weighted by Gasteiger charge is 2.26. The Kier molecular flexibility index (Phi) is 5.49. The van der Waals surface area contributed by atoms with Crippen LogP contribution in [-0.2, 0) is 9.47 Å². The highest BCUT2D eigenvalue weighted by Crippen LogP contribution is 2.22. The summed E-state index contributed by atoms with van der Waals surface area (Å²) in [5, 5.41) is 2.99. The second kappa shape index (κ2) is 7.62. The van der Waals surface area contributed by atoms with E-state index in [0.29, 0.717) is 13.1 Å². The zero-order valence-corrected chi connectivity index (χ0v) is 15.6. The molecule has 0 aromatic heterocycles. The van der Waals surface area contributed by atoms with Crippen molar-refractivity contribution in [1.29, 1.82) is 0 Å². The Morgan fingerprint density at radius 2 is 1.36 bits per heavy atom. The van der Waals surface area contributed by atoms with Crippen molar-refractivity contribution in [3.05, 3.63) is 24.3 Å². The molecule has 2 aliphatic rings. The molecule has 2 saturated heterocycles. The molecule has 0 aliphatic carbocycles. The van der Waals surface area contributed by atoms with E-state index in [1.165, 1.54) is 0 Å². The van der Waals surface area contributed by atoms with E-state index in [-0.39, 0.29) is 30.4 Å². The van der Waals surface area contributed by atoms with Crippen molar-refractivity contribution >= 4 is 17.4 Å². The standard InChI is InChI=1S/C19H29N3O3/c1-13-9-21(10-14(2)24-13)18-7-5-17(6-8-18)20-19(23)22-11-15(3)25-16(4)12-22/h5-8,13-16H,9-12H2,1-4H3,(H,20,23)/t13-,14+,15-,16+. The number of hydrogen-bond donors (Lipinski definition) is 1. The van der Waals surface area contributed by atoms with E-state index in [2.05, 4.69) is 36.2 Å². The number of anilines is 2. The largest absolute Gasteiger partial charge is 0.372 e. The SMILES string of the molecule is C[C@@H]1CN(C(=O)Nc2ccc(N3C[C@@H](C)O[C@@H](C)C3)cc2)C[C@H](C)O1. The van der Waals surface area contributed by atoms with Gasteiger partial charge in [0.2, 0.25) is 0 Å². The first-order valence-electron chi connectivity index (χ1n) is 9.12. The maximum absolute atomic E-state index is 12.5. The van der Waals surface area contributed by atoms with E-state index in [0.717, 1.165) is 24.5 Å². The van der Waals surface area contributed by atoms with Gasteiger partial charge in [0.25, 0.3) is 0 Å². The van der Waals surface area contributed by atoms with Gasteiger partial charge in [-0.15, -0.1) is 0 Å². The molecule has 1 aromatic carbocycles. The smallest absolute Gasteiger partial charge is 0.322 e. The predicted molar refractivity (Wildman–Crippen MR) is 99.3 cm³/mol.